The maximum atomic E-state index is 12.3. The van der Waals surface area contributed by atoms with Gasteiger partial charge < -0.3 is 10.6 Å². The van der Waals surface area contributed by atoms with Crippen molar-refractivity contribution in [1.29, 1.82) is 0 Å². The normalized spacial score (nSPS) is 26.0. The van der Waals surface area contributed by atoms with Gasteiger partial charge in [0, 0.05) is 37.3 Å². The van der Waals surface area contributed by atoms with Gasteiger partial charge in [-0.1, -0.05) is 29.8 Å². The van der Waals surface area contributed by atoms with E-state index >= 15 is 0 Å². The highest BCUT2D eigenvalue weighted by Crippen LogP contribution is 2.12. The largest absolute Gasteiger partial charge is 0.339 e. The summed E-state index contributed by atoms with van der Waals surface area (Å²) in [6.07, 6.45) is 4.72. The van der Waals surface area contributed by atoms with Crippen LogP contribution < -0.4 is 21.4 Å². The first-order chi connectivity index (χ1) is 12.5. The van der Waals surface area contributed by atoms with Crippen LogP contribution in [0.25, 0.3) is 0 Å². The number of piperidine rings is 1. The molecule has 0 aromatic heterocycles. The Morgan fingerprint density at radius 2 is 2.23 bits per heavy atom. The standard InChI is InChI=1S/C18H24ClN5O2/c1-24-17(25)8-6-15(23-24)18(26)22-16-7-5-14(11-21-16)20-10-12-3-2-4-13(19)9-12/h2-4,6,8-9,14-16,20-21,23H,5,7,10-11H2,1H3,(H,22,26). The van der Waals surface area contributed by atoms with E-state index < -0.39 is 6.04 Å². The number of likely N-dealkylation sites (N-methyl/N-ethyl adjacent to an activating group) is 1. The lowest BCUT2D eigenvalue weighted by Gasteiger charge is -2.33. The zero-order valence-electron chi connectivity index (χ0n) is 14.7. The summed E-state index contributed by atoms with van der Waals surface area (Å²) >= 11 is 6.00. The second-order valence-electron chi connectivity index (χ2n) is 6.62. The predicted molar refractivity (Wildman–Crippen MR) is 100 cm³/mol. The van der Waals surface area contributed by atoms with E-state index in [4.69, 9.17) is 11.6 Å². The van der Waals surface area contributed by atoms with Crippen LogP contribution in [0.3, 0.4) is 0 Å². The first-order valence-corrected chi connectivity index (χ1v) is 9.13. The molecule has 0 spiro atoms. The van der Waals surface area contributed by atoms with Crippen molar-refractivity contribution in [3.8, 4) is 0 Å². The smallest absolute Gasteiger partial charge is 0.260 e. The van der Waals surface area contributed by atoms with Crippen LogP contribution >= 0.6 is 11.6 Å². The molecule has 0 aliphatic carbocycles. The van der Waals surface area contributed by atoms with Gasteiger partial charge in [0.2, 0.25) is 5.91 Å². The van der Waals surface area contributed by atoms with Crippen LogP contribution in [0.4, 0.5) is 0 Å². The van der Waals surface area contributed by atoms with Crippen molar-refractivity contribution >= 4 is 23.4 Å². The molecule has 3 unspecified atom stereocenters. The Kier molecular flexibility index (Phi) is 6.26. The maximum absolute atomic E-state index is 12.3. The van der Waals surface area contributed by atoms with E-state index in [1.165, 1.54) is 11.1 Å². The SMILES string of the molecule is CN1NC(C(=O)NC2CCC(NCc3cccc(Cl)c3)CN2)C=CC1=O. The summed E-state index contributed by atoms with van der Waals surface area (Å²) in [6.45, 7) is 1.54. The van der Waals surface area contributed by atoms with Crippen LogP contribution in [0.5, 0.6) is 0 Å². The van der Waals surface area contributed by atoms with Gasteiger partial charge in [0.1, 0.15) is 6.04 Å². The van der Waals surface area contributed by atoms with Gasteiger partial charge in [-0.15, -0.1) is 0 Å². The summed E-state index contributed by atoms with van der Waals surface area (Å²) in [6, 6.07) is 7.63. The summed E-state index contributed by atoms with van der Waals surface area (Å²) in [5.74, 6) is -0.318. The molecular weight excluding hydrogens is 354 g/mol. The summed E-state index contributed by atoms with van der Waals surface area (Å²) in [7, 11) is 1.60. The van der Waals surface area contributed by atoms with Crippen molar-refractivity contribution in [2.45, 2.75) is 37.6 Å². The third-order valence-corrected chi connectivity index (χ3v) is 4.83. The van der Waals surface area contributed by atoms with Gasteiger partial charge in [0.25, 0.3) is 5.91 Å². The number of hydrazine groups is 1. The molecule has 2 amide bonds. The summed E-state index contributed by atoms with van der Waals surface area (Å²) in [4.78, 5) is 23.7. The lowest BCUT2D eigenvalue weighted by atomic mass is 10.0. The highest BCUT2D eigenvalue weighted by Gasteiger charge is 2.27. The van der Waals surface area contributed by atoms with Crippen molar-refractivity contribution in [1.82, 2.24) is 26.4 Å². The van der Waals surface area contributed by atoms with Gasteiger partial charge in [-0.3, -0.25) is 19.9 Å². The number of hydrogen-bond acceptors (Lipinski definition) is 5. The van der Waals surface area contributed by atoms with Gasteiger partial charge in [0.15, 0.2) is 0 Å². The summed E-state index contributed by atoms with van der Waals surface area (Å²) < 4.78 is 0. The average molecular weight is 378 g/mol. The van der Waals surface area contributed by atoms with Crippen LogP contribution in [0, 0.1) is 0 Å². The number of amides is 2. The molecule has 3 rings (SSSR count). The van der Waals surface area contributed by atoms with Crippen molar-refractivity contribution in [3.63, 3.8) is 0 Å². The molecule has 8 heteroatoms. The number of nitrogens with one attached hydrogen (secondary N) is 4. The van der Waals surface area contributed by atoms with Gasteiger partial charge in [-0.05, 0) is 30.5 Å². The number of benzene rings is 1. The maximum Gasteiger partial charge on any atom is 0.260 e. The minimum Gasteiger partial charge on any atom is -0.339 e. The van der Waals surface area contributed by atoms with Crippen molar-refractivity contribution in [2.24, 2.45) is 0 Å². The van der Waals surface area contributed by atoms with Crippen LogP contribution in [-0.4, -0.2) is 48.7 Å². The first kappa shape index (κ1) is 18.8. The van der Waals surface area contributed by atoms with Crippen molar-refractivity contribution < 1.29 is 9.59 Å². The van der Waals surface area contributed by atoms with E-state index in [1.807, 2.05) is 24.3 Å². The van der Waals surface area contributed by atoms with E-state index in [2.05, 4.69) is 21.4 Å². The molecule has 7 nitrogen and oxygen atoms in total. The molecular formula is C18H24ClN5O2. The number of hydrogen-bond donors (Lipinski definition) is 4. The molecule has 1 aromatic rings. The van der Waals surface area contributed by atoms with E-state index in [1.54, 1.807) is 13.1 Å². The Morgan fingerprint density at radius 1 is 1.38 bits per heavy atom. The lowest BCUT2D eigenvalue weighted by Crippen LogP contribution is -2.59. The third-order valence-electron chi connectivity index (χ3n) is 4.59. The van der Waals surface area contributed by atoms with E-state index in [-0.39, 0.29) is 18.0 Å². The van der Waals surface area contributed by atoms with Crippen LogP contribution in [0.2, 0.25) is 5.02 Å². The molecule has 0 saturated carbocycles. The second-order valence-corrected chi connectivity index (χ2v) is 7.05. The Hall–Kier alpha value is -1.93. The van der Waals surface area contributed by atoms with Crippen molar-refractivity contribution in [3.05, 3.63) is 47.0 Å². The number of rotatable bonds is 5. The molecule has 2 heterocycles. The first-order valence-electron chi connectivity index (χ1n) is 8.75. The van der Waals surface area contributed by atoms with Gasteiger partial charge >= 0.3 is 0 Å². The summed E-state index contributed by atoms with van der Waals surface area (Å²) in [5.41, 5.74) is 4.00. The Labute approximate surface area is 158 Å². The molecule has 0 radical (unpaired) electrons. The third kappa shape index (κ3) is 5.04. The van der Waals surface area contributed by atoms with Crippen LogP contribution in [0.1, 0.15) is 18.4 Å². The molecule has 0 bridgehead atoms. The zero-order chi connectivity index (χ0) is 18.5. The van der Waals surface area contributed by atoms with Gasteiger partial charge in [0.05, 0.1) is 6.17 Å². The highest BCUT2D eigenvalue weighted by molar-refractivity contribution is 6.30. The Morgan fingerprint density at radius 3 is 2.92 bits per heavy atom. The predicted octanol–water partition coefficient (Wildman–Crippen LogP) is 0.525. The van der Waals surface area contributed by atoms with E-state index in [0.717, 1.165) is 36.5 Å². The van der Waals surface area contributed by atoms with Crippen LogP contribution in [-0.2, 0) is 16.1 Å². The highest BCUT2D eigenvalue weighted by atomic mass is 35.5. The molecule has 2 aliphatic rings. The molecule has 4 N–H and O–H groups in total. The topological polar surface area (TPSA) is 85.5 Å². The van der Waals surface area contributed by atoms with E-state index in [0.29, 0.717) is 6.04 Å². The Bertz CT molecular complexity index is 688. The summed E-state index contributed by atoms with van der Waals surface area (Å²) in [5, 5.41) is 11.9. The number of halogens is 1. The molecule has 2 aliphatic heterocycles. The minimum absolute atomic E-state index is 0.0650. The van der Waals surface area contributed by atoms with E-state index in [9.17, 15) is 9.59 Å². The molecule has 1 fully saturated rings. The molecule has 26 heavy (non-hydrogen) atoms. The second kappa shape index (κ2) is 8.64. The van der Waals surface area contributed by atoms with Gasteiger partial charge in [-0.2, -0.15) is 0 Å². The average Bonchev–Trinajstić information content (AvgIpc) is 2.63. The zero-order valence-corrected chi connectivity index (χ0v) is 15.4. The number of carbonyl (C=O) groups is 2. The molecule has 1 saturated heterocycles. The lowest BCUT2D eigenvalue weighted by molar-refractivity contribution is -0.131. The minimum atomic E-state index is -0.529. The molecule has 1 aromatic carbocycles. The molecule has 140 valence electrons. The fraction of sp³-hybridized carbons (Fsp3) is 0.444. The van der Waals surface area contributed by atoms with Gasteiger partial charge in [-0.25, -0.2) is 5.43 Å². The van der Waals surface area contributed by atoms with Crippen LogP contribution in [0.15, 0.2) is 36.4 Å². The van der Waals surface area contributed by atoms with Crippen molar-refractivity contribution in [2.75, 3.05) is 13.6 Å². The fourth-order valence-electron chi connectivity index (χ4n) is 3.08. The number of carbonyl (C=O) groups excluding carboxylic acids is 2. The monoisotopic (exact) mass is 377 g/mol. The quantitative estimate of drug-likeness (QED) is 0.601. The fourth-order valence-corrected chi connectivity index (χ4v) is 3.29. The molecule has 3 atom stereocenters. The Balaban J connectivity index is 1.40. The number of nitrogens with zero attached hydrogens (tertiary/aromatic N) is 1.